The van der Waals surface area contributed by atoms with Crippen molar-refractivity contribution >= 4 is 17.7 Å². The number of carbonyl (C=O) groups excluding carboxylic acids is 1. The molecule has 170 valence electrons. The first-order valence-corrected chi connectivity index (χ1v) is 11.4. The highest BCUT2D eigenvalue weighted by molar-refractivity contribution is 5.86. The Hall–Kier alpha value is -3.53. The van der Waals surface area contributed by atoms with E-state index < -0.39 is 5.54 Å². The molecule has 1 heterocycles. The SMILES string of the molecule is COC(=O)/C=C/c1ccc(C2(C)c3ccc(O)cc3CCN2c2cccc(C(C)C)c2)cc1. The van der Waals surface area contributed by atoms with Gasteiger partial charge in [-0.2, -0.15) is 0 Å². The van der Waals surface area contributed by atoms with Crippen LogP contribution < -0.4 is 4.90 Å². The fourth-order valence-electron chi connectivity index (χ4n) is 4.76. The highest BCUT2D eigenvalue weighted by Crippen LogP contribution is 2.44. The standard InChI is InChI=1S/C29H31NO3/c1-20(2)22-6-5-7-25(18-22)30-17-16-23-19-26(31)13-14-27(23)29(30,3)24-11-8-21(9-12-24)10-15-28(32)33-4/h5-15,18-20,31H,16-17H2,1-4H3/b15-10+. The number of nitrogens with zero attached hydrogens (tertiary/aromatic N) is 1. The molecule has 1 unspecified atom stereocenters. The lowest BCUT2D eigenvalue weighted by Crippen LogP contribution is -2.49. The van der Waals surface area contributed by atoms with Crippen LogP contribution in [0.15, 0.2) is 72.8 Å². The van der Waals surface area contributed by atoms with Crippen LogP contribution >= 0.6 is 0 Å². The van der Waals surface area contributed by atoms with Gasteiger partial charge in [-0.05, 0) is 77.4 Å². The third-order valence-corrected chi connectivity index (χ3v) is 6.69. The molecule has 0 bridgehead atoms. The molecule has 0 spiro atoms. The summed E-state index contributed by atoms with van der Waals surface area (Å²) < 4.78 is 4.69. The molecule has 1 aliphatic heterocycles. The second-order valence-corrected chi connectivity index (χ2v) is 9.04. The molecule has 0 radical (unpaired) electrons. The van der Waals surface area contributed by atoms with Gasteiger partial charge >= 0.3 is 5.97 Å². The molecule has 4 heteroatoms. The van der Waals surface area contributed by atoms with Crippen molar-refractivity contribution in [1.29, 1.82) is 0 Å². The first-order valence-electron chi connectivity index (χ1n) is 11.4. The summed E-state index contributed by atoms with van der Waals surface area (Å²) in [5.41, 5.74) is 6.54. The number of ether oxygens (including phenoxy) is 1. The van der Waals surface area contributed by atoms with Crippen LogP contribution in [0.3, 0.4) is 0 Å². The normalized spacial score (nSPS) is 17.9. The lowest BCUT2D eigenvalue weighted by molar-refractivity contribution is -0.134. The van der Waals surface area contributed by atoms with E-state index in [1.165, 1.54) is 35.6 Å². The molecule has 1 atom stereocenters. The molecule has 4 nitrogen and oxygen atoms in total. The van der Waals surface area contributed by atoms with Crippen LogP contribution in [-0.2, 0) is 21.5 Å². The minimum Gasteiger partial charge on any atom is -0.508 e. The van der Waals surface area contributed by atoms with Crippen molar-refractivity contribution in [3.05, 3.63) is 101 Å². The van der Waals surface area contributed by atoms with Crippen molar-refractivity contribution in [2.75, 3.05) is 18.6 Å². The van der Waals surface area contributed by atoms with Crippen LogP contribution in [0.25, 0.3) is 6.08 Å². The summed E-state index contributed by atoms with van der Waals surface area (Å²) in [7, 11) is 1.37. The lowest BCUT2D eigenvalue weighted by Gasteiger charge is -2.48. The molecule has 0 aromatic heterocycles. The van der Waals surface area contributed by atoms with Crippen LogP contribution in [0.4, 0.5) is 5.69 Å². The summed E-state index contributed by atoms with van der Waals surface area (Å²) in [4.78, 5) is 13.9. The fourth-order valence-corrected chi connectivity index (χ4v) is 4.76. The van der Waals surface area contributed by atoms with Gasteiger partial charge in [-0.3, -0.25) is 0 Å². The van der Waals surface area contributed by atoms with Crippen LogP contribution in [-0.4, -0.2) is 24.7 Å². The topological polar surface area (TPSA) is 49.8 Å². The van der Waals surface area contributed by atoms with Crippen LogP contribution in [0.1, 0.15) is 54.5 Å². The Morgan fingerprint density at radius 3 is 2.55 bits per heavy atom. The second kappa shape index (κ2) is 9.14. The van der Waals surface area contributed by atoms with Gasteiger partial charge in [0.1, 0.15) is 5.75 Å². The lowest BCUT2D eigenvalue weighted by atomic mass is 9.76. The number of hydrogen-bond acceptors (Lipinski definition) is 4. The minimum absolute atomic E-state index is 0.301. The zero-order valence-electron chi connectivity index (χ0n) is 19.7. The molecular formula is C29H31NO3. The van der Waals surface area contributed by atoms with Gasteiger partial charge in [0.15, 0.2) is 0 Å². The Labute approximate surface area is 196 Å². The third-order valence-electron chi connectivity index (χ3n) is 6.69. The molecule has 4 rings (SSSR count). The Bertz CT molecular complexity index is 1180. The molecular weight excluding hydrogens is 410 g/mol. The van der Waals surface area contributed by atoms with E-state index in [1.807, 2.05) is 24.3 Å². The van der Waals surface area contributed by atoms with Crippen molar-refractivity contribution < 1.29 is 14.6 Å². The predicted molar refractivity (Wildman–Crippen MR) is 134 cm³/mol. The Balaban J connectivity index is 1.82. The highest BCUT2D eigenvalue weighted by Gasteiger charge is 2.40. The summed E-state index contributed by atoms with van der Waals surface area (Å²) >= 11 is 0. The summed E-state index contributed by atoms with van der Waals surface area (Å²) in [6, 6.07) is 22.8. The zero-order valence-corrected chi connectivity index (χ0v) is 19.7. The molecule has 1 aliphatic rings. The number of methoxy groups -OCH3 is 1. The average Bonchev–Trinajstić information content (AvgIpc) is 2.82. The largest absolute Gasteiger partial charge is 0.508 e. The number of phenolic OH excluding ortho intramolecular Hbond substituents is 1. The summed E-state index contributed by atoms with van der Waals surface area (Å²) in [5, 5.41) is 10.1. The van der Waals surface area contributed by atoms with E-state index in [2.05, 4.69) is 62.1 Å². The number of fused-ring (bicyclic) bond motifs is 1. The van der Waals surface area contributed by atoms with E-state index in [1.54, 1.807) is 12.1 Å². The summed E-state index contributed by atoms with van der Waals surface area (Å²) in [6.45, 7) is 7.53. The number of benzene rings is 3. The Morgan fingerprint density at radius 1 is 1.09 bits per heavy atom. The molecule has 0 aliphatic carbocycles. The molecule has 33 heavy (non-hydrogen) atoms. The average molecular weight is 442 g/mol. The number of aromatic hydroxyl groups is 1. The van der Waals surface area contributed by atoms with E-state index in [9.17, 15) is 9.90 Å². The number of rotatable bonds is 5. The zero-order chi connectivity index (χ0) is 23.6. The van der Waals surface area contributed by atoms with E-state index in [0.717, 1.165) is 24.1 Å². The van der Waals surface area contributed by atoms with Gasteiger partial charge in [-0.25, -0.2) is 4.79 Å². The quantitative estimate of drug-likeness (QED) is 0.388. The van der Waals surface area contributed by atoms with Crippen molar-refractivity contribution in [3.8, 4) is 5.75 Å². The number of anilines is 1. The van der Waals surface area contributed by atoms with Gasteiger partial charge in [0.05, 0.1) is 12.6 Å². The maximum Gasteiger partial charge on any atom is 0.330 e. The monoisotopic (exact) mass is 441 g/mol. The summed E-state index contributed by atoms with van der Waals surface area (Å²) in [5.74, 6) is 0.379. The fraction of sp³-hybridized carbons (Fsp3) is 0.276. The molecule has 0 saturated heterocycles. The van der Waals surface area contributed by atoms with Gasteiger partial charge in [-0.1, -0.05) is 56.3 Å². The van der Waals surface area contributed by atoms with E-state index in [-0.39, 0.29) is 5.97 Å². The first kappa shape index (κ1) is 22.7. The van der Waals surface area contributed by atoms with Gasteiger partial charge in [-0.15, -0.1) is 0 Å². The van der Waals surface area contributed by atoms with E-state index >= 15 is 0 Å². The van der Waals surface area contributed by atoms with Crippen LogP contribution in [0.2, 0.25) is 0 Å². The molecule has 3 aromatic rings. The number of phenols is 1. The smallest absolute Gasteiger partial charge is 0.330 e. The van der Waals surface area contributed by atoms with Gasteiger partial charge < -0.3 is 14.7 Å². The number of esters is 1. The minimum atomic E-state index is -0.415. The Morgan fingerprint density at radius 2 is 1.85 bits per heavy atom. The van der Waals surface area contributed by atoms with Gasteiger partial charge in [0, 0.05) is 18.3 Å². The van der Waals surface area contributed by atoms with Gasteiger partial charge in [0.25, 0.3) is 0 Å². The first-order chi connectivity index (χ1) is 15.8. The molecule has 0 fully saturated rings. The highest BCUT2D eigenvalue weighted by atomic mass is 16.5. The van der Waals surface area contributed by atoms with Crippen molar-refractivity contribution in [2.24, 2.45) is 0 Å². The van der Waals surface area contributed by atoms with E-state index in [4.69, 9.17) is 4.74 Å². The number of hydrogen-bond donors (Lipinski definition) is 1. The van der Waals surface area contributed by atoms with E-state index in [0.29, 0.717) is 11.7 Å². The molecule has 0 amide bonds. The maximum atomic E-state index is 11.5. The van der Waals surface area contributed by atoms with Gasteiger partial charge in [0.2, 0.25) is 0 Å². The summed E-state index contributed by atoms with van der Waals surface area (Å²) in [6.07, 6.45) is 4.05. The van der Waals surface area contributed by atoms with Crippen LogP contribution in [0, 0.1) is 0 Å². The predicted octanol–water partition coefficient (Wildman–Crippen LogP) is 6.03. The number of carbonyl (C=O) groups is 1. The molecule has 3 aromatic carbocycles. The van der Waals surface area contributed by atoms with Crippen molar-refractivity contribution in [1.82, 2.24) is 0 Å². The van der Waals surface area contributed by atoms with Crippen molar-refractivity contribution in [3.63, 3.8) is 0 Å². The molecule has 0 saturated carbocycles. The maximum absolute atomic E-state index is 11.5. The molecule has 1 N–H and O–H groups in total. The second-order valence-electron chi connectivity index (χ2n) is 9.04. The van der Waals surface area contributed by atoms with Crippen LogP contribution in [0.5, 0.6) is 5.75 Å². The Kier molecular flexibility index (Phi) is 6.28. The van der Waals surface area contributed by atoms with Crippen molar-refractivity contribution in [2.45, 2.75) is 38.6 Å². The third kappa shape index (κ3) is 4.38.